The lowest BCUT2D eigenvalue weighted by Gasteiger charge is -2.09. The average molecular weight is 279 g/mol. The first-order valence-corrected chi connectivity index (χ1v) is 6.02. The molecule has 0 aliphatic rings. The first-order chi connectivity index (χ1) is 9.06. The Morgan fingerprint density at radius 1 is 1.21 bits per heavy atom. The molecular weight excluding hydrogens is 267 g/mol. The largest absolute Gasteiger partial charge is 0.379 e. The molecule has 5 heteroatoms. The number of nitrogens with one attached hydrogen (secondary N) is 1. The molecule has 0 heterocycles. The number of anilines is 1. The fourth-order valence-electron chi connectivity index (χ4n) is 1.61. The van der Waals surface area contributed by atoms with Crippen LogP contribution < -0.4 is 11.1 Å². The Bertz CT molecular complexity index is 599. The number of nitrogens with two attached hydrogens (primary N) is 1. The summed E-state index contributed by atoms with van der Waals surface area (Å²) in [4.78, 5) is 11.0. The number of rotatable bonds is 4. The normalized spacial score (nSPS) is 10.2. The minimum absolute atomic E-state index is 0.242. The predicted molar refractivity (Wildman–Crippen MR) is 73.7 cm³/mol. The van der Waals surface area contributed by atoms with Crippen LogP contribution in [-0.4, -0.2) is 5.91 Å². The molecule has 0 fully saturated rings. The van der Waals surface area contributed by atoms with Gasteiger partial charge in [-0.3, -0.25) is 4.79 Å². The molecular formula is C14H12ClFN2O. The molecule has 0 aliphatic carbocycles. The molecule has 0 aromatic heterocycles. The van der Waals surface area contributed by atoms with Gasteiger partial charge in [0, 0.05) is 17.1 Å². The lowest BCUT2D eigenvalue weighted by molar-refractivity contribution is 0.100. The van der Waals surface area contributed by atoms with Gasteiger partial charge in [0.05, 0.1) is 5.69 Å². The zero-order chi connectivity index (χ0) is 13.8. The lowest BCUT2D eigenvalue weighted by Crippen LogP contribution is -2.12. The van der Waals surface area contributed by atoms with Crippen molar-refractivity contribution in [2.45, 2.75) is 6.54 Å². The van der Waals surface area contributed by atoms with Crippen LogP contribution in [0.2, 0.25) is 5.02 Å². The minimum Gasteiger partial charge on any atom is -0.379 e. The fourth-order valence-corrected chi connectivity index (χ4v) is 1.74. The molecule has 0 unspecified atom stereocenters. The van der Waals surface area contributed by atoms with E-state index in [0.29, 0.717) is 11.6 Å². The lowest BCUT2D eigenvalue weighted by atomic mass is 10.1. The Hall–Kier alpha value is -2.07. The molecule has 19 heavy (non-hydrogen) atoms. The van der Waals surface area contributed by atoms with Gasteiger partial charge in [-0.15, -0.1) is 0 Å². The molecule has 0 aliphatic heterocycles. The van der Waals surface area contributed by atoms with Crippen molar-refractivity contribution < 1.29 is 9.18 Å². The van der Waals surface area contributed by atoms with Gasteiger partial charge in [0.2, 0.25) is 5.91 Å². The summed E-state index contributed by atoms with van der Waals surface area (Å²) >= 11 is 5.78. The summed E-state index contributed by atoms with van der Waals surface area (Å²) in [6.07, 6.45) is 0. The first kappa shape index (κ1) is 13.4. The molecule has 3 N–H and O–H groups in total. The van der Waals surface area contributed by atoms with Gasteiger partial charge in [0.15, 0.2) is 0 Å². The zero-order valence-corrected chi connectivity index (χ0v) is 10.7. The number of halogens is 2. The summed E-state index contributed by atoms with van der Waals surface area (Å²) < 4.78 is 13.6. The van der Waals surface area contributed by atoms with E-state index in [-0.39, 0.29) is 11.3 Å². The fraction of sp³-hybridized carbons (Fsp3) is 0.0714. The van der Waals surface area contributed by atoms with Gasteiger partial charge < -0.3 is 11.1 Å². The monoisotopic (exact) mass is 278 g/mol. The number of amides is 1. The highest BCUT2D eigenvalue weighted by Gasteiger charge is 2.06. The average Bonchev–Trinajstić information content (AvgIpc) is 2.39. The number of hydrogen-bond donors (Lipinski definition) is 2. The molecule has 2 aromatic rings. The molecule has 98 valence electrons. The van der Waals surface area contributed by atoms with Crippen LogP contribution in [0.1, 0.15) is 15.9 Å². The Morgan fingerprint density at radius 3 is 2.53 bits per heavy atom. The molecule has 0 spiro atoms. The van der Waals surface area contributed by atoms with Crippen molar-refractivity contribution >= 4 is 23.2 Å². The molecule has 0 bridgehead atoms. The van der Waals surface area contributed by atoms with Gasteiger partial charge in [-0.2, -0.15) is 0 Å². The van der Waals surface area contributed by atoms with Crippen LogP contribution in [0.5, 0.6) is 0 Å². The van der Waals surface area contributed by atoms with Crippen molar-refractivity contribution in [3.05, 3.63) is 64.4 Å². The second-order valence-electron chi connectivity index (χ2n) is 4.04. The quantitative estimate of drug-likeness (QED) is 0.902. The molecule has 1 amide bonds. The highest BCUT2D eigenvalue weighted by Crippen LogP contribution is 2.17. The van der Waals surface area contributed by atoms with E-state index in [1.165, 1.54) is 18.2 Å². The van der Waals surface area contributed by atoms with Gasteiger partial charge in [-0.25, -0.2) is 4.39 Å². The highest BCUT2D eigenvalue weighted by molar-refractivity contribution is 6.30. The molecule has 0 radical (unpaired) electrons. The number of carbonyl (C=O) groups excluding carboxylic acids is 1. The molecule has 3 nitrogen and oxygen atoms in total. The maximum Gasteiger partial charge on any atom is 0.248 e. The Morgan fingerprint density at radius 2 is 1.89 bits per heavy atom. The Labute approximate surface area is 115 Å². The summed E-state index contributed by atoms with van der Waals surface area (Å²) in [5.41, 5.74) is 6.61. The van der Waals surface area contributed by atoms with Gasteiger partial charge in [0.1, 0.15) is 5.82 Å². The third kappa shape index (κ3) is 3.45. The van der Waals surface area contributed by atoms with E-state index in [1.54, 1.807) is 12.1 Å². The third-order valence-electron chi connectivity index (χ3n) is 2.65. The molecule has 0 atom stereocenters. The van der Waals surface area contributed by atoms with E-state index in [0.717, 1.165) is 5.56 Å². The van der Waals surface area contributed by atoms with Gasteiger partial charge >= 0.3 is 0 Å². The first-order valence-electron chi connectivity index (χ1n) is 5.64. The maximum atomic E-state index is 13.6. The van der Waals surface area contributed by atoms with Gasteiger partial charge in [-0.1, -0.05) is 23.7 Å². The van der Waals surface area contributed by atoms with Crippen LogP contribution in [0, 0.1) is 5.82 Å². The van der Waals surface area contributed by atoms with Crippen LogP contribution >= 0.6 is 11.6 Å². The van der Waals surface area contributed by atoms with Crippen LogP contribution in [0.3, 0.4) is 0 Å². The minimum atomic E-state index is -0.588. The van der Waals surface area contributed by atoms with E-state index in [2.05, 4.69) is 5.32 Å². The van der Waals surface area contributed by atoms with Crippen molar-refractivity contribution in [1.29, 1.82) is 0 Å². The maximum absolute atomic E-state index is 13.6. The van der Waals surface area contributed by atoms with Crippen LogP contribution in [0.15, 0.2) is 42.5 Å². The van der Waals surface area contributed by atoms with E-state index in [1.807, 2.05) is 12.1 Å². The molecule has 2 aromatic carbocycles. The van der Waals surface area contributed by atoms with Crippen LogP contribution in [-0.2, 0) is 6.54 Å². The Balaban J connectivity index is 2.12. The van der Waals surface area contributed by atoms with Crippen molar-refractivity contribution in [2.75, 3.05) is 5.32 Å². The van der Waals surface area contributed by atoms with Crippen molar-refractivity contribution in [3.63, 3.8) is 0 Å². The number of primary amides is 1. The highest BCUT2D eigenvalue weighted by atomic mass is 35.5. The smallest absolute Gasteiger partial charge is 0.248 e. The third-order valence-corrected chi connectivity index (χ3v) is 2.90. The Kier molecular flexibility index (Phi) is 4.02. The summed E-state index contributed by atoms with van der Waals surface area (Å²) in [6.45, 7) is 0.427. The number of benzene rings is 2. The topological polar surface area (TPSA) is 55.1 Å². The van der Waals surface area contributed by atoms with Gasteiger partial charge in [-0.05, 0) is 35.9 Å². The van der Waals surface area contributed by atoms with E-state index >= 15 is 0 Å². The van der Waals surface area contributed by atoms with Gasteiger partial charge in [0.25, 0.3) is 0 Å². The predicted octanol–water partition coefficient (Wildman–Crippen LogP) is 3.19. The molecule has 0 saturated heterocycles. The second-order valence-corrected chi connectivity index (χ2v) is 4.48. The van der Waals surface area contributed by atoms with E-state index in [9.17, 15) is 9.18 Å². The van der Waals surface area contributed by atoms with E-state index < -0.39 is 11.7 Å². The molecule has 2 rings (SSSR count). The summed E-state index contributed by atoms with van der Waals surface area (Å²) in [5.74, 6) is -1.02. The van der Waals surface area contributed by atoms with Crippen LogP contribution in [0.4, 0.5) is 10.1 Å². The summed E-state index contributed by atoms with van der Waals surface area (Å²) in [6, 6.07) is 11.2. The SMILES string of the molecule is NC(=O)c1ccc(F)c(NCc2ccc(Cl)cc2)c1. The van der Waals surface area contributed by atoms with Crippen molar-refractivity contribution in [3.8, 4) is 0 Å². The second kappa shape index (κ2) is 5.71. The van der Waals surface area contributed by atoms with Crippen molar-refractivity contribution in [2.24, 2.45) is 5.73 Å². The summed E-state index contributed by atoms with van der Waals surface area (Å²) in [5, 5.41) is 3.56. The zero-order valence-electron chi connectivity index (χ0n) is 9.99. The van der Waals surface area contributed by atoms with Crippen LogP contribution in [0.25, 0.3) is 0 Å². The standard InChI is InChI=1S/C14H12ClFN2O/c15-11-4-1-9(2-5-11)8-18-13-7-10(14(17)19)3-6-12(13)16/h1-7,18H,8H2,(H2,17,19). The molecule has 0 saturated carbocycles. The van der Waals surface area contributed by atoms with Crippen molar-refractivity contribution in [1.82, 2.24) is 0 Å². The summed E-state index contributed by atoms with van der Waals surface area (Å²) in [7, 11) is 0. The van der Waals surface area contributed by atoms with E-state index in [4.69, 9.17) is 17.3 Å². The number of carbonyl (C=O) groups is 1. The number of hydrogen-bond acceptors (Lipinski definition) is 2.